The van der Waals surface area contributed by atoms with Crippen molar-refractivity contribution in [3.8, 4) is 17.2 Å². The van der Waals surface area contributed by atoms with Crippen LogP contribution in [-0.2, 0) is 30.6 Å². The molecule has 7 heteroatoms. The molecule has 3 aromatic rings. The smallest absolute Gasteiger partial charge is 0.223 e. The largest absolute Gasteiger partial charge is 0.493 e. The average Bonchev–Trinajstić information content (AvgIpc) is 3.44. The van der Waals surface area contributed by atoms with Gasteiger partial charge in [0.15, 0.2) is 11.5 Å². The van der Waals surface area contributed by atoms with Gasteiger partial charge in [-0.05, 0) is 68.2 Å². The van der Waals surface area contributed by atoms with Gasteiger partial charge >= 0.3 is 0 Å². The molecule has 0 bridgehead atoms. The number of rotatable bonds is 14. The second-order valence-corrected chi connectivity index (χ2v) is 13.5. The fourth-order valence-corrected chi connectivity index (χ4v) is 6.73. The van der Waals surface area contributed by atoms with Gasteiger partial charge < -0.3 is 19.1 Å². The van der Waals surface area contributed by atoms with E-state index in [0.717, 1.165) is 64.0 Å². The molecule has 0 N–H and O–H groups in total. The number of piperazine rings is 1. The van der Waals surface area contributed by atoms with Crippen LogP contribution in [0.4, 0.5) is 0 Å². The highest BCUT2D eigenvalue weighted by Crippen LogP contribution is 2.40. The van der Waals surface area contributed by atoms with E-state index in [1.807, 2.05) is 28.4 Å². The Hall–Kier alpha value is -3.03. The molecule has 2 heterocycles. The number of ether oxygens (including phenoxy) is 3. The summed E-state index contributed by atoms with van der Waals surface area (Å²) in [5.41, 5.74) is 3.76. The molecule has 2 aromatic carbocycles. The van der Waals surface area contributed by atoms with Crippen LogP contribution >= 0.6 is 11.3 Å². The van der Waals surface area contributed by atoms with Crippen molar-refractivity contribution >= 4 is 17.2 Å². The van der Waals surface area contributed by atoms with Gasteiger partial charge in [0, 0.05) is 54.5 Å². The molecule has 0 aliphatic carbocycles. The van der Waals surface area contributed by atoms with Gasteiger partial charge in [0.2, 0.25) is 11.7 Å². The number of carbonyl (C=O) groups excluding carboxylic acids is 1. The minimum atomic E-state index is -0.0309. The Balaban J connectivity index is 1.20. The molecule has 1 aliphatic heterocycles. The maximum Gasteiger partial charge on any atom is 0.223 e. The van der Waals surface area contributed by atoms with Crippen molar-refractivity contribution in [3.63, 3.8) is 0 Å². The van der Waals surface area contributed by atoms with Crippen LogP contribution < -0.4 is 14.2 Å². The quantitative estimate of drug-likeness (QED) is 0.203. The van der Waals surface area contributed by atoms with Crippen LogP contribution in [-0.4, -0.2) is 63.2 Å². The van der Waals surface area contributed by atoms with E-state index in [1.165, 1.54) is 27.3 Å². The number of benzene rings is 2. The number of hydrogen-bond acceptors (Lipinski definition) is 6. The van der Waals surface area contributed by atoms with Gasteiger partial charge in [0.05, 0.1) is 21.3 Å². The molecule has 0 unspecified atom stereocenters. The maximum atomic E-state index is 13.3. The van der Waals surface area contributed by atoms with Gasteiger partial charge in [0.25, 0.3) is 0 Å². The lowest BCUT2D eigenvalue weighted by Gasteiger charge is -2.36. The Morgan fingerprint density at radius 3 is 2.12 bits per heavy atom. The monoisotopic (exact) mass is 592 g/mol. The number of carbonyl (C=O) groups is 1. The second-order valence-electron chi connectivity index (χ2n) is 12.2. The van der Waals surface area contributed by atoms with Gasteiger partial charge in [-0.25, -0.2) is 0 Å². The molecule has 1 aliphatic rings. The molecule has 6 nitrogen and oxygen atoms in total. The van der Waals surface area contributed by atoms with Gasteiger partial charge in [-0.3, -0.25) is 9.69 Å². The van der Waals surface area contributed by atoms with Gasteiger partial charge in [-0.2, -0.15) is 0 Å². The number of nitrogens with zero attached hydrogens (tertiary/aromatic N) is 2. The Morgan fingerprint density at radius 2 is 1.48 bits per heavy atom. The molecule has 0 saturated carbocycles. The van der Waals surface area contributed by atoms with Crippen molar-refractivity contribution in [1.82, 2.24) is 9.80 Å². The van der Waals surface area contributed by atoms with Crippen LogP contribution in [0, 0.1) is 12.3 Å². The first-order valence-corrected chi connectivity index (χ1v) is 15.9. The summed E-state index contributed by atoms with van der Waals surface area (Å²) in [4.78, 5) is 20.6. The van der Waals surface area contributed by atoms with Crippen molar-refractivity contribution in [1.29, 1.82) is 0 Å². The number of thiophene rings is 1. The summed E-state index contributed by atoms with van der Waals surface area (Å²) in [6, 6.07) is 17.4. The predicted octanol–water partition coefficient (Wildman–Crippen LogP) is 6.95. The summed E-state index contributed by atoms with van der Waals surface area (Å²) in [6.45, 7) is 10.5. The van der Waals surface area contributed by atoms with Crippen molar-refractivity contribution in [2.24, 2.45) is 5.41 Å². The number of methoxy groups -OCH3 is 3. The first kappa shape index (κ1) is 31.9. The highest BCUT2D eigenvalue weighted by Gasteiger charge is 2.28. The second kappa shape index (κ2) is 14.9. The Morgan fingerprint density at radius 1 is 0.810 bits per heavy atom. The van der Waals surface area contributed by atoms with E-state index < -0.39 is 0 Å². The summed E-state index contributed by atoms with van der Waals surface area (Å²) < 4.78 is 16.6. The van der Waals surface area contributed by atoms with Crippen molar-refractivity contribution < 1.29 is 19.0 Å². The molecule has 42 heavy (non-hydrogen) atoms. The molecular weight excluding hydrogens is 544 g/mol. The SMILES string of the molecule is COc1ccc(CN2CCN(C(=O)CC(C)(C)CCc3ccc(CCCc4ccc(C)cc4)s3)CC2)c(OC)c1OC. The van der Waals surface area contributed by atoms with Crippen LogP contribution in [0.2, 0.25) is 0 Å². The highest BCUT2D eigenvalue weighted by atomic mass is 32.1. The number of hydrogen-bond donors (Lipinski definition) is 0. The fraction of sp³-hybridized carbons (Fsp3) is 0.514. The zero-order valence-corrected chi connectivity index (χ0v) is 27.1. The first-order chi connectivity index (χ1) is 20.2. The molecule has 1 saturated heterocycles. The minimum absolute atomic E-state index is 0.0309. The lowest BCUT2D eigenvalue weighted by atomic mass is 9.83. The van der Waals surface area contributed by atoms with E-state index in [4.69, 9.17) is 14.2 Å². The Labute approximate surface area is 256 Å². The normalized spacial score (nSPS) is 14.2. The van der Waals surface area contributed by atoms with Gasteiger partial charge in [0.1, 0.15) is 0 Å². The lowest BCUT2D eigenvalue weighted by molar-refractivity contribution is -0.135. The molecular formula is C35H48N2O4S. The van der Waals surface area contributed by atoms with Crippen LogP contribution in [0.15, 0.2) is 48.5 Å². The highest BCUT2D eigenvalue weighted by molar-refractivity contribution is 7.11. The molecule has 0 radical (unpaired) electrons. The molecule has 0 spiro atoms. The van der Waals surface area contributed by atoms with E-state index in [0.29, 0.717) is 23.7 Å². The standard InChI is InChI=1S/C35H48N2O4S/c1-26-10-12-27(13-11-26)8-7-9-29-15-16-30(42-29)18-19-35(2,3)24-32(38)37-22-20-36(21-23-37)25-28-14-17-31(39-4)34(41-6)33(28)40-5/h10-17H,7-9,18-25H2,1-6H3. The number of amides is 1. The summed E-state index contributed by atoms with van der Waals surface area (Å²) in [7, 11) is 4.91. The fourth-order valence-electron chi connectivity index (χ4n) is 5.67. The Kier molecular flexibility index (Phi) is 11.3. The molecule has 4 rings (SSSR count). The van der Waals surface area contributed by atoms with E-state index in [2.05, 4.69) is 62.1 Å². The summed E-state index contributed by atoms with van der Waals surface area (Å²) in [5, 5.41) is 0. The molecule has 1 aromatic heterocycles. The number of aryl methyl sites for hydroxylation is 4. The lowest BCUT2D eigenvalue weighted by Crippen LogP contribution is -2.49. The molecule has 0 atom stereocenters. The zero-order valence-electron chi connectivity index (χ0n) is 26.3. The first-order valence-electron chi connectivity index (χ1n) is 15.1. The zero-order chi connectivity index (χ0) is 30.1. The van der Waals surface area contributed by atoms with Gasteiger partial charge in [-0.1, -0.05) is 49.7 Å². The van der Waals surface area contributed by atoms with Gasteiger partial charge in [-0.15, -0.1) is 11.3 Å². The van der Waals surface area contributed by atoms with E-state index in [-0.39, 0.29) is 11.3 Å². The summed E-state index contributed by atoms with van der Waals surface area (Å²) >= 11 is 1.94. The third-order valence-corrected chi connectivity index (χ3v) is 9.51. The van der Waals surface area contributed by atoms with Crippen LogP contribution in [0.25, 0.3) is 0 Å². The maximum absolute atomic E-state index is 13.3. The van der Waals surface area contributed by atoms with E-state index in [9.17, 15) is 4.79 Å². The van der Waals surface area contributed by atoms with E-state index in [1.54, 1.807) is 21.3 Å². The summed E-state index contributed by atoms with van der Waals surface area (Å²) in [6.07, 6.45) is 6.07. The van der Waals surface area contributed by atoms with Crippen molar-refractivity contribution in [2.45, 2.75) is 65.8 Å². The van der Waals surface area contributed by atoms with Crippen molar-refractivity contribution in [2.75, 3.05) is 47.5 Å². The molecule has 228 valence electrons. The average molecular weight is 593 g/mol. The molecule has 1 amide bonds. The van der Waals surface area contributed by atoms with E-state index >= 15 is 0 Å². The Bertz CT molecular complexity index is 1290. The third kappa shape index (κ3) is 8.74. The summed E-state index contributed by atoms with van der Waals surface area (Å²) in [5.74, 6) is 2.25. The topological polar surface area (TPSA) is 51.2 Å². The predicted molar refractivity (Wildman–Crippen MR) is 172 cm³/mol. The van der Waals surface area contributed by atoms with Crippen LogP contribution in [0.1, 0.15) is 59.6 Å². The minimum Gasteiger partial charge on any atom is -0.493 e. The third-order valence-electron chi connectivity index (χ3n) is 8.31. The van der Waals surface area contributed by atoms with Crippen LogP contribution in [0.5, 0.6) is 17.2 Å². The van der Waals surface area contributed by atoms with Crippen molar-refractivity contribution in [3.05, 3.63) is 75.0 Å². The molecule has 1 fully saturated rings. The van der Waals surface area contributed by atoms with Crippen LogP contribution in [0.3, 0.4) is 0 Å².